The third kappa shape index (κ3) is 3.34. The molecule has 114 valence electrons. The van der Waals surface area contributed by atoms with Crippen LogP contribution in [-0.2, 0) is 17.6 Å². The number of carbonyl (C=O) groups excluding carboxylic acids is 1. The average Bonchev–Trinajstić information content (AvgIpc) is 2.55. The molecule has 5 heteroatoms. The zero-order valence-electron chi connectivity index (χ0n) is 12.3. The fourth-order valence-electron chi connectivity index (χ4n) is 3.25. The predicted octanol–water partition coefficient (Wildman–Crippen LogP) is 2.19. The molecule has 0 aliphatic carbocycles. The van der Waals surface area contributed by atoms with Gasteiger partial charge < -0.3 is 10.2 Å². The highest BCUT2D eigenvalue weighted by molar-refractivity contribution is 5.77. The van der Waals surface area contributed by atoms with Crippen LogP contribution in [0, 0.1) is 5.92 Å². The highest BCUT2D eigenvalue weighted by atomic mass is 19.1. The summed E-state index contributed by atoms with van der Waals surface area (Å²) in [5, 5.41) is 3.36. The van der Waals surface area contributed by atoms with Gasteiger partial charge in [0.05, 0.1) is 0 Å². The van der Waals surface area contributed by atoms with E-state index in [1.807, 2.05) is 0 Å². The molecule has 2 aliphatic heterocycles. The number of fused-ring (bicyclic) bond motifs is 1. The molecule has 1 N–H and O–H groups in total. The van der Waals surface area contributed by atoms with Gasteiger partial charge in [-0.3, -0.25) is 4.79 Å². The van der Waals surface area contributed by atoms with E-state index in [0.717, 1.165) is 43.7 Å². The predicted molar refractivity (Wildman–Crippen MR) is 80.0 cm³/mol. The first-order chi connectivity index (χ1) is 10.3. The number of hydrogen-bond acceptors (Lipinski definition) is 3. The molecule has 1 aromatic heterocycles. The van der Waals surface area contributed by atoms with Crippen molar-refractivity contribution < 1.29 is 9.18 Å². The zero-order chi connectivity index (χ0) is 14.7. The summed E-state index contributed by atoms with van der Waals surface area (Å²) in [5.41, 5.74) is 2.44. The van der Waals surface area contributed by atoms with Crippen molar-refractivity contribution in [2.24, 2.45) is 5.92 Å². The van der Waals surface area contributed by atoms with Crippen LogP contribution in [0.4, 0.5) is 10.2 Å². The Labute approximate surface area is 124 Å². The number of nitrogens with zero attached hydrogens (tertiary/aromatic N) is 2. The third-order valence-electron chi connectivity index (χ3n) is 4.53. The number of likely N-dealkylation sites (tertiary alicyclic amines) is 1. The molecule has 0 atom stereocenters. The van der Waals surface area contributed by atoms with Crippen molar-refractivity contribution in [3.05, 3.63) is 23.4 Å². The molecule has 2 aliphatic rings. The Kier molecular flexibility index (Phi) is 4.36. The SMILES string of the molecule is O=C(CF)N1CCC(Cc2ccc3c(n2)NCCC3)CC1. The van der Waals surface area contributed by atoms with Gasteiger partial charge in [0, 0.05) is 25.3 Å². The van der Waals surface area contributed by atoms with E-state index in [-0.39, 0.29) is 5.91 Å². The Morgan fingerprint density at radius 1 is 1.38 bits per heavy atom. The van der Waals surface area contributed by atoms with Crippen molar-refractivity contribution >= 4 is 11.7 Å². The summed E-state index contributed by atoms with van der Waals surface area (Å²) < 4.78 is 12.4. The van der Waals surface area contributed by atoms with E-state index in [9.17, 15) is 9.18 Å². The first-order valence-corrected chi connectivity index (χ1v) is 7.82. The largest absolute Gasteiger partial charge is 0.370 e. The zero-order valence-corrected chi connectivity index (χ0v) is 12.3. The minimum Gasteiger partial charge on any atom is -0.370 e. The Hall–Kier alpha value is -1.65. The van der Waals surface area contributed by atoms with E-state index in [1.54, 1.807) is 4.90 Å². The number of carbonyl (C=O) groups is 1. The fourth-order valence-corrected chi connectivity index (χ4v) is 3.25. The maximum Gasteiger partial charge on any atom is 0.253 e. The minimum atomic E-state index is -0.872. The molecule has 1 aromatic rings. The summed E-state index contributed by atoms with van der Waals surface area (Å²) in [6, 6.07) is 4.32. The second-order valence-electron chi connectivity index (χ2n) is 6.00. The van der Waals surface area contributed by atoms with Crippen LogP contribution in [0.3, 0.4) is 0 Å². The first kappa shape index (κ1) is 14.3. The van der Waals surface area contributed by atoms with Crippen LogP contribution >= 0.6 is 0 Å². The quantitative estimate of drug-likeness (QED) is 0.928. The van der Waals surface area contributed by atoms with Crippen LogP contribution in [-0.4, -0.2) is 42.1 Å². The molecular formula is C16H22FN3O. The molecule has 0 bridgehead atoms. The lowest BCUT2D eigenvalue weighted by Crippen LogP contribution is -2.39. The number of pyridine rings is 1. The molecule has 3 heterocycles. The molecule has 1 fully saturated rings. The number of nitrogens with one attached hydrogen (secondary N) is 1. The van der Waals surface area contributed by atoms with Crippen molar-refractivity contribution in [1.29, 1.82) is 0 Å². The van der Waals surface area contributed by atoms with E-state index in [2.05, 4.69) is 17.4 Å². The Morgan fingerprint density at radius 3 is 2.95 bits per heavy atom. The van der Waals surface area contributed by atoms with Gasteiger partial charge in [-0.15, -0.1) is 0 Å². The van der Waals surface area contributed by atoms with E-state index in [0.29, 0.717) is 19.0 Å². The van der Waals surface area contributed by atoms with Gasteiger partial charge in [0.1, 0.15) is 5.82 Å². The summed E-state index contributed by atoms with van der Waals surface area (Å²) in [7, 11) is 0. The van der Waals surface area contributed by atoms with Crippen LogP contribution in [0.15, 0.2) is 12.1 Å². The average molecular weight is 291 g/mol. The van der Waals surface area contributed by atoms with Crippen LogP contribution in [0.1, 0.15) is 30.5 Å². The molecule has 1 saturated heterocycles. The van der Waals surface area contributed by atoms with Gasteiger partial charge in [-0.25, -0.2) is 9.37 Å². The summed E-state index contributed by atoms with van der Waals surface area (Å²) in [5.74, 6) is 1.22. The second kappa shape index (κ2) is 6.41. The number of rotatable bonds is 3. The summed E-state index contributed by atoms with van der Waals surface area (Å²) >= 11 is 0. The smallest absolute Gasteiger partial charge is 0.253 e. The van der Waals surface area contributed by atoms with E-state index in [1.165, 1.54) is 12.0 Å². The Balaban J connectivity index is 1.57. The van der Waals surface area contributed by atoms with Crippen LogP contribution in [0.5, 0.6) is 0 Å². The maximum atomic E-state index is 12.4. The molecule has 21 heavy (non-hydrogen) atoms. The van der Waals surface area contributed by atoms with Crippen molar-refractivity contribution in [2.75, 3.05) is 31.6 Å². The number of hydrogen-bond donors (Lipinski definition) is 1. The van der Waals surface area contributed by atoms with Crippen LogP contribution in [0.25, 0.3) is 0 Å². The van der Waals surface area contributed by atoms with E-state index < -0.39 is 6.67 Å². The lowest BCUT2D eigenvalue weighted by atomic mass is 9.91. The van der Waals surface area contributed by atoms with E-state index in [4.69, 9.17) is 4.98 Å². The lowest BCUT2D eigenvalue weighted by Gasteiger charge is -2.31. The maximum absolute atomic E-state index is 12.4. The number of anilines is 1. The van der Waals surface area contributed by atoms with Gasteiger partial charge in [0.25, 0.3) is 5.91 Å². The molecule has 0 spiro atoms. The monoisotopic (exact) mass is 291 g/mol. The standard InChI is InChI=1S/C16H22FN3O/c17-11-15(21)20-8-5-12(6-9-20)10-14-4-3-13-2-1-7-18-16(13)19-14/h3-4,12H,1-2,5-11H2,(H,18,19). The number of alkyl halides is 1. The van der Waals surface area contributed by atoms with Gasteiger partial charge in [0.2, 0.25) is 0 Å². The summed E-state index contributed by atoms with van der Waals surface area (Å²) in [4.78, 5) is 17.7. The van der Waals surface area contributed by atoms with Crippen molar-refractivity contribution in [3.8, 4) is 0 Å². The third-order valence-corrected chi connectivity index (χ3v) is 4.53. The summed E-state index contributed by atoms with van der Waals surface area (Å²) in [6.07, 6.45) is 5.12. The second-order valence-corrected chi connectivity index (χ2v) is 6.00. The van der Waals surface area contributed by atoms with Crippen molar-refractivity contribution in [1.82, 2.24) is 9.88 Å². The van der Waals surface area contributed by atoms with Gasteiger partial charge in [-0.1, -0.05) is 6.07 Å². The molecule has 0 aromatic carbocycles. The normalized spacial score (nSPS) is 19.0. The van der Waals surface area contributed by atoms with Crippen LogP contribution < -0.4 is 5.32 Å². The van der Waals surface area contributed by atoms with Crippen LogP contribution in [0.2, 0.25) is 0 Å². The number of amides is 1. The number of aromatic nitrogens is 1. The molecule has 3 rings (SSSR count). The molecule has 0 unspecified atom stereocenters. The van der Waals surface area contributed by atoms with Crippen molar-refractivity contribution in [2.45, 2.75) is 32.1 Å². The number of halogens is 1. The molecule has 0 radical (unpaired) electrons. The van der Waals surface area contributed by atoms with E-state index >= 15 is 0 Å². The Morgan fingerprint density at radius 2 is 2.19 bits per heavy atom. The lowest BCUT2D eigenvalue weighted by molar-refractivity contribution is -0.133. The highest BCUT2D eigenvalue weighted by Gasteiger charge is 2.23. The van der Waals surface area contributed by atoms with Crippen molar-refractivity contribution in [3.63, 3.8) is 0 Å². The van der Waals surface area contributed by atoms with Gasteiger partial charge in [-0.2, -0.15) is 0 Å². The molecule has 0 saturated carbocycles. The number of piperidine rings is 1. The van der Waals surface area contributed by atoms with Gasteiger partial charge in [0.15, 0.2) is 6.67 Å². The number of aryl methyl sites for hydroxylation is 1. The summed E-state index contributed by atoms with van der Waals surface area (Å²) in [6.45, 7) is 1.49. The first-order valence-electron chi connectivity index (χ1n) is 7.82. The Bertz CT molecular complexity index is 512. The van der Waals surface area contributed by atoms with Gasteiger partial charge >= 0.3 is 0 Å². The topological polar surface area (TPSA) is 45.2 Å². The molecular weight excluding hydrogens is 269 g/mol. The minimum absolute atomic E-state index is 0.371. The van der Waals surface area contributed by atoms with Gasteiger partial charge in [-0.05, 0) is 49.7 Å². The molecule has 4 nitrogen and oxygen atoms in total. The molecule has 1 amide bonds. The highest BCUT2D eigenvalue weighted by Crippen LogP contribution is 2.24. The fraction of sp³-hybridized carbons (Fsp3) is 0.625.